The highest BCUT2D eigenvalue weighted by Gasteiger charge is 2.17. The van der Waals surface area contributed by atoms with E-state index in [9.17, 15) is 4.39 Å². The third kappa shape index (κ3) is 2.88. The first-order valence-electron chi connectivity index (χ1n) is 7.15. The quantitative estimate of drug-likeness (QED) is 0.789. The molecule has 1 aliphatic rings. The van der Waals surface area contributed by atoms with Gasteiger partial charge in [-0.3, -0.25) is 9.88 Å². The Morgan fingerprint density at radius 2 is 2.05 bits per heavy atom. The van der Waals surface area contributed by atoms with Crippen molar-refractivity contribution >= 4 is 10.9 Å². The summed E-state index contributed by atoms with van der Waals surface area (Å²) in [5, 5.41) is 0.860. The minimum atomic E-state index is -0.210. The molecule has 2 heterocycles. The average Bonchev–Trinajstić information content (AvgIpc) is 2.48. The van der Waals surface area contributed by atoms with Crippen LogP contribution in [0.25, 0.3) is 10.9 Å². The predicted molar refractivity (Wildman–Crippen MR) is 79.9 cm³/mol. The molecular weight excluding hydrogens is 251 g/mol. The van der Waals surface area contributed by atoms with Crippen molar-refractivity contribution in [3.8, 4) is 0 Å². The minimum absolute atomic E-state index is 0.210. The summed E-state index contributed by atoms with van der Waals surface area (Å²) < 4.78 is 13.1. The van der Waals surface area contributed by atoms with Crippen molar-refractivity contribution in [2.24, 2.45) is 5.92 Å². The van der Waals surface area contributed by atoms with Crippen molar-refractivity contribution in [1.29, 1.82) is 0 Å². The molecule has 0 atom stereocenters. The molecule has 104 valence electrons. The lowest BCUT2D eigenvalue weighted by atomic mass is 9.97. The topological polar surface area (TPSA) is 16.1 Å². The molecule has 20 heavy (non-hydrogen) atoms. The number of piperidine rings is 1. The monoisotopic (exact) mass is 270 g/mol. The number of likely N-dealkylation sites (tertiary alicyclic amines) is 1. The molecule has 1 aliphatic heterocycles. The molecule has 3 heteroatoms. The molecule has 2 aromatic rings. The molecule has 0 radical (unpaired) electrons. The van der Waals surface area contributed by atoms with Gasteiger partial charge in [0.25, 0.3) is 0 Å². The summed E-state index contributed by atoms with van der Waals surface area (Å²) in [7, 11) is 0. The first kappa shape index (κ1) is 13.3. The first-order valence-corrected chi connectivity index (χ1v) is 7.15. The summed E-state index contributed by atoms with van der Waals surface area (Å²) in [4.78, 5) is 7.05. The SMILES string of the molecule is C=CC1CCN(Cc2ccc3cc(F)ccc3n2)CC1. The van der Waals surface area contributed by atoms with Crippen molar-refractivity contribution < 1.29 is 4.39 Å². The third-order valence-electron chi connectivity index (χ3n) is 4.06. The number of halogens is 1. The van der Waals surface area contributed by atoms with Crippen LogP contribution in [0, 0.1) is 11.7 Å². The van der Waals surface area contributed by atoms with E-state index >= 15 is 0 Å². The number of hydrogen-bond acceptors (Lipinski definition) is 2. The maximum Gasteiger partial charge on any atom is 0.123 e. The van der Waals surface area contributed by atoms with E-state index in [2.05, 4.69) is 22.5 Å². The third-order valence-corrected chi connectivity index (χ3v) is 4.06. The molecule has 0 aliphatic carbocycles. The van der Waals surface area contributed by atoms with Gasteiger partial charge in [0.1, 0.15) is 5.82 Å². The van der Waals surface area contributed by atoms with Gasteiger partial charge in [0.2, 0.25) is 0 Å². The van der Waals surface area contributed by atoms with Gasteiger partial charge in [0.05, 0.1) is 11.2 Å². The molecule has 2 nitrogen and oxygen atoms in total. The molecule has 1 fully saturated rings. The molecule has 0 bridgehead atoms. The summed E-state index contributed by atoms with van der Waals surface area (Å²) in [5.74, 6) is 0.456. The second kappa shape index (κ2) is 5.71. The van der Waals surface area contributed by atoms with E-state index in [1.54, 1.807) is 6.07 Å². The number of fused-ring (bicyclic) bond motifs is 1. The highest BCUT2D eigenvalue weighted by Crippen LogP contribution is 2.20. The fraction of sp³-hybridized carbons (Fsp3) is 0.353. The van der Waals surface area contributed by atoms with Crippen LogP contribution in [0.5, 0.6) is 0 Å². The Labute approximate surface area is 118 Å². The van der Waals surface area contributed by atoms with Crippen LogP contribution in [0.1, 0.15) is 18.5 Å². The average molecular weight is 270 g/mol. The van der Waals surface area contributed by atoms with Crippen LogP contribution in [0.2, 0.25) is 0 Å². The van der Waals surface area contributed by atoms with E-state index in [4.69, 9.17) is 0 Å². The molecule has 1 aromatic heterocycles. The lowest BCUT2D eigenvalue weighted by Gasteiger charge is -2.30. The van der Waals surface area contributed by atoms with Crippen LogP contribution in [0.4, 0.5) is 4.39 Å². The predicted octanol–water partition coefficient (Wildman–Crippen LogP) is 3.77. The summed E-state index contributed by atoms with van der Waals surface area (Å²) in [6, 6.07) is 8.70. The van der Waals surface area contributed by atoms with Gasteiger partial charge in [-0.2, -0.15) is 0 Å². The van der Waals surface area contributed by atoms with Crippen LogP contribution in [0.15, 0.2) is 43.0 Å². The number of hydrogen-bond donors (Lipinski definition) is 0. The van der Waals surface area contributed by atoms with Gasteiger partial charge in [0, 0.05) is 11.9 Å². The standard InChI is InChI=1S/C17H19FN2/c1-2-13-7-9-20(10-8-13)12-16-5-3-14-11-15(18)4-6-17(14)19-16/h2-6,11,13H,1,7-10,12H2. The number of pyridine rings is 1. The Kier molecular flexibility index (Phi) is 3.79. The minimum Gasteiger partial charge on any atom is -0.297 e. The van der Waals surface area contributed by atoms with Crippen LogP contribution in [0.3, 0.4) is 0 Å². The van der Waals surface area contributed by atoms with Crippen LogP contribution in [-0.2, 0) is 6.54 Å². The zero-order chi connectivity index (χ0) is 13.9. The summed E-state index contributed by atoms with van der Waals surface area (Å²) in [6.45, 7) is 6.94. The van der Waals surface area contributed by atoms with Gasteiger partial charge in [0.15, 0.2) is 0 Å². The fourth-order valence-corrected chi connectivity index (χ4v) is 2.80. The van der Waals surface area contributed by atoms with E-state index in [1.807, 2.05) is 12.1 Å². The van der Waals surface area contributed by atoms with Crippen molar-refractivity contribution in [2.75, 3.05) is 13.1 Å². The van der Waals surface area contributed by atoms with Gasteiger partial charge >= 0.3 is 0 Å². The second-order valence-electron chi connectivity index (χ2n) is 5.49. The Hall–Kier alpha value is -1.74. The molecule has 0 saturated carbocycles. The summed E-state index contributed by atoms with van der Waals surface area (Å²) in [5.41, 5.74) is 1.92. The lowest BCUT2D eigenvalue weighted by Crippen LogP contribution is -2.32. The van der Waals surface area contributed by atoms with Gasteiger partial charge in [-0.25, -0.2) is 4.39 Å². The largest absolute Gasteiger partial charge is 0.297 e. The Balaban J connectivity index is 1.72. The van der Waals surface area contributed by atoms with Crippen molar-refractivity contribution in [3.63, 3.8) is 0 Å². The molecule has 0 amide bonds. The number of nitrogens with zero attached hydrogens (tertiary/aromatic N) is 2. The van der Waals surface area contributed by atoms with E-state index in [0.29, 0.717) is 5.92 Å². The lowest BCUT2D eigenvalue weighted by molar-refractivity contribution is 0.194. The van der Waals surface area contributed by atoms with Crippen LogP contribution < -0.4 is 0 Å². The second-order valence-corrected chi connectivity index (χ2v) is 5.49. The first-order chi connectivity index (χ1) is 9.74. The van der Waals surface area contributed by atoms with Gasteiger partial charge in [-0.15, -0.1) is 6.58 Å². The molecule has 0 unspecified atom stereocenters. The molecule has 0 spiro atoms. The van der Waals surface area contributed by atoms with E-state index < -0.39 is 0 Å². The number of aromatic nitrogens is 1. The maximum absolute atomic E-state index is 13.1. The fourth-order valence-electron chi connectivity index (χ4n) is 2.80. The summed E-state index contributed by atoms with van der Waals surface area (Å²) in [6.07, 6.45) is 4.44. The van der Waals surface area contributed by atoms with E-state index in [0.717, 1.165) is 36.2 Å². The molecule has 3 rings (SSSR count). The highest BCUT2D eigenvalue weighted by molar-refractivity contribution is 5.78. The van der Waals surface area contributed by atoms with Crippen LogP contribution >= 0.6 is 0 Å². The Morgan fingerprint density at radius 3 is 2.80 bits per heavy atom. The van der Waals surface area contributed by atoms with Crippen molar-refractivity contribution in [2.45, 2.75) is 19.4 Å². The van der Waals surface area contributed by atoms with Crippen molar-refractivity contribution in [3.05, 3.63) is 54.5 Å². The zero-order valence-corrected chi connectivity index (χ0v) is 11.6. The molecule has 1 saturated heterocycles. The van der Waals surface area contributed by atoms with Gasteiger partial charge in [-0.1, -0.05) is 12.1 Å². The molecule has 0 N–H and O–H groups in total. The summed E-state index contributed by atoms with van der Waals surface area (Å²) >= 11 is 0. The van der Waals surface area contributed by atoms with E-state index in [-0.39, 0.29) is 5.82 Å². The Morgan fingerprint density at radius 1 is 1.25 bits per heavy atom. The smallest absolute Gasteiger partial charge is 0.123 e. The number of benzene rings is 1. The maximum atomic E-state index is 13.1. The van der Waals surface area contributed by atoms with Gasteiger partial charge in [-0.05, 0) is 56.1 Å². The van der Waals surface area contributed by atoms with Crippen molar-refractivity contribution in [1.82, 2.24) is 9.88 Å². The normalized spacial score (nSPS) is 17.4. The Bertz CT molecular complexity index is 615. The van der Waals surface area contributed by atoms with Gasteiger partial charge < -0.3 is 0 Å². The number of rotatable bonds is 3. The van der Waals surface area contributed by atoms with Crippen LogP contribution in [-0.4, -0.2) is 23.0 Å². The van der Waals surface area contributed by atoms with E-state index in [1.165, 1.54) is 25.0 Å². The zero-order valence-electron chi connectivity index (χ0n) is 11.6. The molecular formula is C17H19FN2. The highest BCUT2D eigenvalue weighted by atomic mass is 19.1. The number of allylic oxidation sites excluding steroid dienone is 1. The molecule has 1 aromatic carbocycles.